The summed E-state index contributed by atoms with van der Waals surface area (Å²) in [6, 6.07) is 5.56. The average molecular weight is 390 g/mol. The lowest BCUT2D eigenvalue weighted by molar-refractivity contribution is 0.363. The van der Waals surface area contributed by atoms with E-state index in [1.54, 1.807) is 0 Å². The lowest BCUT2D eigenvalue weighted by Crippen LogP contribution is -2.14. The van der Waals surface area contributed by atoms with Gasteiger partial charge >= 0.3 is 0 Å². The number of benzene rings is 2. The van der Waals surface area contributed by atoms with E-state index in [2.05, 4.69) is 19.1 Å². The Morgan fingerprint density at radius 1 is 0.821 bits per heavy atom. The van der Waals surface area contributed by atoms with Crippen LogP contribution in [0.15, 0.2) is 36.4 Å². The number of rotatable bonds is 5. The van der Waals surface area contributed by atoms with Crippen molar-refractivity contribution in [1.29, 1.82) is 0 Å². The topological polar surface area (TPSA) is 0 Å². The number of hydrogen-bond acceptors (Lipinski definition) is 0. The van der Waals surface area contributed by atoms with E-state index >= 15 is 0 Å². The lowest BCUT2D eigenvalue weighted by Gasteiger charge is -2.27. The van der Waals surface area contributed by atoms with Gasteiger partial charge in [0.05, 0.1) is 0 Å². The highest BCUT2D eigenvalue weighted by Crippen LogP contribution is 2.39. The van der Waals surface area contributed by atoms with E-state index < -0.39 is 23.3 Å². The van der Waals surface area contributed by atoms with E-state index in [0.717, 1.165) is 38.5 Å². The predicted molar refractivity (Wildman–Crippen MR) is 105 cm³/mol. The van der Waals surface area contributed by atoms with Crippen LogP contribution in [0.1, 0.15) is 62.5 Å². The fraction of sp³-hybridized carbons (Fsp3) is 0.417. The molecule has 2 aromatic rings. The van der Waals surface area contributed by atoms with Crippen LogP contribution in [0.3, 0.4) is 0 Å². The molecule has 0 atom stereocenters. The van der Waals surface area contributed by atoms with Crippen LogP contribution in [0.25, 0.3) is 11.1 Å². The molecule has 1 fully saturated rings. The van der Waals surface area contributed by atoms with Crippen LogP contribution in [0.2, 0.25) is 0 Å². The molecule has 0 heterocycles. The Labute approximate surface area is 164 Å². The van der Waals surface area contributed by atoms with Crippen LogP contribution in [0.4, 0.5) is 17.6 Å². The molecule has 1 saturated carbocycles. The summed E-state index contributed by atoms with van der Waals surface area (Å²) in [4.78, 5) is 0. The van der Waals surface area contributed by atoms with Crippen molar-refractivity contribution in [2.24, 2.45) is 5.92 Å². The van der Waals surface area contributed by atoms with Crippen molar-refractivity contribution >= 4 is 0 Å². The molecule has 150 valence electrons. The molecule has 0 unspecified atom stereocenters. The first-order chi connectivity index (χ1) is 13.4. The van der Waals surface area contributed by atoms with Gasteiger partial charge in [-0.2, -0.15) is 0 Å². The highest BCUT2D eigenvalue weighted by atomic mass is 19.2. The first-order valence-electron chi connectivity index (χ1n) is 10.0. The van der Waals surface area contributed by atoms with Crippen molar-refractivity contribution in [3.05, 3.63) is 70.8 Å². The first-order valence-corrected chi connectivity index (χ1v) is 10.0. The minimum atomic E-state index is -1.15. The molecule has 0 radical (unpaired) electrons. The van der Waals surface area contributed by atoms with Crippen LogP contribution in [-0.2, 0) is 0 Å². The Morgan fingerprint density at radius 3 is 2.07 bits per heavy atom. The molecule has 0 nitrogen and oxygen atoms in total. The summed E-state index contributed by atoms with van der Waals surface area (Å²) in [7, 11) is 0. The van der Waals surface area contributed by atoms with Gasteiger partial charge in [-0.25, -0.2) is 17.6 Å². The monoisotopic (exact) mass is 390 g/mol. The van der Waals surface area contributed by atoms with Crippen molar-refractivity contribution in [3.63, 3.8) is 0 Å². The van der Waals surface area contributed by atoms with Gasteiger partial charge in [0.2, 0.25) is 0 Å². The maximum absolute atomic E-state index is 14.8. The summed E-state index contributed by atoms with van der Waals surface area (Å²) in [5, 5.41) is 0. The van der Waals surface area contributed by atoms with Crippen LogP contribution in [0.5, 0.6) is 0 Å². The molecule has 2 aromatic carbocycles. The van der Waals surface area contributed by atoms with Crippen molar-refractivity contribution in [2.75, 3.05) is 0 Å². The van der Waals surface area contributed by atoms with Crippen LogP contribution >= 0.6 is 0 Å². The Hall–Kier alpha value is -2.10. The quantitative estimate of drug-likeness (QED) is 0.360. The molecule has 1 aliphatic rings. The molecule has 0 bridgehead atoms. The van der Waals surface area contributed by atoms with Gasteiger partial charge in [-0.1, -0.05) is 49.8 Å². The minimum Gasteiger partial charge on any atom is -0.203 e. The fourth-order valence-corrected chi connectivity index (χ4v) is 4.02. The molecule has 0 aromatic heterocycles. The van der Waals surface area contributed by atoms with Crippen molar-refractivity contribution in [3.8, 4) is 11.1 Å². The smallest absolute Gasteiger partial charge is 0.167 e. The van der Waals surface area contributed by atoms with E-state index in [9.17, 15) is 17.6 Å². The number of unbranched alkanes of at least 4 members (excludes halogenated alkanes) is 1. The third-order valence-corrected chi connectivity index (χ3v) is 5.75. The first kappa shape index (κ1) is 20.6. The fourth-order valence-electron chi connectivity index (χ4n) is 4.02. The second-order valence-corrected chi connectivity index (χ2v) is 7.72. The summed E-state index contributed by atoms with van der Waals surface area (Å²) in [5.41, 5.74) is -0.0293. The molecule has 0 N–H and O–H groups in total. The van der Waals surface area contributed by atoms with Gasteiger partial charge in [-0.05, 0) is 62.0 Å². The number of hydrogen-bond donors (Lipinski definition) is 0. The third-order valence-electron chi connectivity index (χ3n) is 5.75. The summed E-state index contributed by atoms with van der Waals surface area (Å²) >= 11 is 0. The number of halogens is 4. The molecule has 0 spiro atoms. The maximum atomic E-state index is 14.8. The standard InChI is InChI=1S/C24H26F4/c1-3-4-5-6-16-8-10-17(11-9-16)18-13-14-20(24(28)22(18)26)19-12-7-15(2)21(25)23(19)27/h5-7,12-14,16-17H,3-4,8-11H2,1-2H3/b6-5+. The van der Waals surface area contributed by atoms with Gasteiger partial charge in [-0.3, -0.25) is 0 Å². The summed E-state index contributed by atoms with van der Waals surface area (Å²) in [6.07, 6.45) is 10.1. The van der Waals surface area contributed by atoms with Crippen LogP contribution < -0.4 is 0 Å². The second-order valence-electron chi connectivity index (χ2n) is 7.72. The SMILES string of the molecule is CCC/C=C/C1CCC(c2ccc(-c3ccc(C)c(F)c3F)c(F)c2F)CC1. The number of aryl methyl sites for hydroxylation is 1. The molecular formula is C24H26F4. The van der Waals surface area contributed by atoms with Crippen molar-refractivity contribution < 1.29 is 17.6 Å². The van der Waals surface area contributed by atoms with Gasteiger partial charge < -0.3 is 0 Å². The average Bonchev–Trinajstić information content (AvgIpc) is 2.70. The van der Waals surface area contributed by atoms with Gasteiger partial charge in [0.1, 0.15) is 0 Å². The third kappa shape index (κ3) is 4.16. The summed E-state index contributed by atoms with van der Waals surface area (Å²) in [6.45, 7) is 3.56. The second kappa shape index (κ2) is 8.93. The zero-order valence-electron chi connectivity index (χ0n) is 16.4. The summed E-state index contributed by atoms with van der Waals surface area (Å²) < 4.78 is 57.6. The van der Waals surface area contributed by atoms with Gasteiger partial charge in [-0.15, -0.1) is 0 Å². The molecule has 0 aliphatic heterocycles. The number of allylic oxidation sites excluding steroid dienone is 2. The normalized spacial score (nSPS) is 20.1. The minimum absolute atomic E-state index is 0.0426. The van der Waals surface area contributed by atoms with Gasteiger partial charge in [0.15, 0.2) is 23.3 Å². The van der Waals surface area contributed by atoms with E-state index in [0.29, 0.717) is 11.5 Å². The molecule has 28 heavy (non-hydrogen) atoms. The zero-order chi connectivity index (χ0) is 20.3. The van der Waals surface area contributed by atoms with Crippen molar-refractivity contribution in [2.45, 2.75) is 58.3 Å². The van der Waals surface area contributed by atoms with Gasteiger partial charge in [0.25, 0.3) is 0 Å². The lowest BCUT2D eigenvalue weighted by atomic mass is 9.78. The highest BCUT2D eigenvalue weighted by Gasteiger charge is 2.26. The Morgan fingerprint density at radius 2 is 1.43 bits per heavy atom. The molecule has 1 aliphatic carbocycles. The van der Waals surface area contributed by atoms with E-state index in [1.807, 2.05) is 0 Å². The molecular weight excluding hydrogens is 364 g/mol. The predicted octanol–water partition coefficient (Wildman–Crippen LogP) is 7.85. The van der Waals surface area contributed by atoms with E-state index in [1.165, 1.54) is 31.2 Å². The maximum Gasteiger partial charge on any atom is 0.167 e. The molecule has 4 heteroatoms. The molecule has 3 rings (SSSR count). The molecule has 0 saturated heterocycles. The summed E-state index contributed by atoms with van der Waals surface area (Å²) in [5.74, 6) is -3.77. The van der Waals surface area contributed by atoms with Crippen LogP contribution in [-0.4, -0.2) is 0 Å². The Balaban J connectivity index is 1.81. The van der Waals surface area contributed by atoms with Gasteiger partial charge in [0, 0.05) is 11.1 Å². The molecule has 0 amide bonds. The Bertz CT molecular complexity index is 861. The Kier molecular flexibility index (Phi) is 6.58. The largest absolute Gasteiger partial charge is 0.203 e. The van der Waals surface area contributed by atoms with Crippen molar-refractivity contribution in [1.82, 2.24) is 0 Å². The highest BCUT2D eigenvalue weighted by molar-refractivity contribution is 5.66. The van der Waals surface area contributed by atoms with Crippen LogP contribution in [0, 0.1) is 36.1 Å². The van der Waals surface area contributed by atoms with E-state index in [-0.39, 0.29) is 22.6 Å². The van der Waals surface area contributed by atoms with E-state index in [4.69, 9.17) is 0 Å². The zero-order valence-corrected chi connectivity index (χ0v) is 16.4.